The van der Waals surface area contributed by atoms with Crippen molar-refractivity contribution < 1.29 is 23.1 Å². The third-order valence-corrected chi connectivity index (χ3v) is 6.26. The van der Waals surface area contributed by atoms with Crippen molar-refractivity contribution in [3.63, 3.8) is 0 Å². The molecule has 6 nitrogen and oxygen atoms in total. The molecule has 1 aliphatic heterocycles. The zero-order valence-electron chi connectivity index (χ0n) is 13.0. The molecule has 138 valence electrons. The largest absolute Gasteiger partial charge is 0.488 e. The van der Waals surface area contributed by atoms with Crippen molar-refractivity contribution in [1.82, 2.24) is 4.31 Å². The number of rotatable bonds is 5. The number of sulfonamides is 1. The number of carbonyl (C=O) groups excluding carboxylic acids is 1. The van der Waals surface area contributed by atoms with Gasteiger partial charge in [-0.05, 0) is 24.3 Å². The van der Waals surface area contributed by atoms with Crippen LogP contribution < -0.4 is 4.74 Å². The van der Waals surface area contributed by atoms with E-state index in [9.17, 15) is 18.3 Å². The van der Waals surface area contributed by atoms with Crippen LogP contribution in [0.1, 0.15) is 10.4 Å². The molecule has 1 heterocycles. The summed E-state index contributed by atoms with van der Waals surface area (Å²) in [6, 6.07) is 8.70. The van der Waals surface area contributed by atoms with Crippen molar-refractivity contribution >= 4 is 50.7 Å². The summed E-state index contributed by atoms with van der Waals surface area (Å²) in [6.07, 6.45) is -1.29. The number of fused-ring (bicyclic) bond motifs is 1. The number of ether oxygens (including phenoxy) is 1. The first-order chi connectivity index (χ1) is 12.2. The van der Waals surface area contributed by atoms with Gasteiger partial charge in [-0.1, -0.05) is 46.9 Å². The first-order valence-electron chi connectivity index (χ1n) is 7.33. The normalized spacial score (nSPS) is 16.5. The van der Waals surface area contributed by atoms with Crippen LogP contribution in [0, 0.1) is 0 Å². The van der Waals surface area contributed by atoms with Crippen molar-refractivity contribution in [2.75, 3.05) is 13.2 Å². The summed E-state index contributed by atoms with van der Waals surface area (Å²) in [7, 11) is -4.00. The molecule has 2 aromatic rings. The van der Waals surface area contributed by atoms with E-state index in [4.69, 9.17) is 39.5 Å². The van der Waals surface area contributed by atoms with E-state index in [0.717, 1.165) is 0 Å². The Morgan fingerprint density at radius 1 is 1.12 bits per heavy atom. The molecular weight excluding hydrogens is 425 g/mol. The van der Waals surface area contributed by atoms with Gasteiger partial charge in [0.1, 0.15) is 17.6 Å². The SMILES string of the molecule is O=C1c2ccccc2S(=O)(=O)N1CC(O)COc1c(Cl)cc(Cl)cc1Cl. The van der Waals surface area contributed by atoms with Crippen LogP contribution in [0.5, 0.6) is 5.75 Å². The summed E-state index contributed by atoms with van der Waals surface area (Å²) in [5, 5.41) is 10.8. The maximum absolute atomic E-state index is 12.4. The standard InChI is InChI=1S/C16H12Cl3NO5S/c17-9-5-12(18)15(13(19)6-9)25-8-10(21)7-20-16(22)11-3-1-2-4-14(11)26(20,23)24/h1-6,10,21H,7-8H2. The van der Waals surface area contributed by atoms with Gasteiger partial charge < -0.3 is 9.84 Å². The number of β-amino-alcohol motifs (C(OH)–C–C–N with tert-alkyl or cyclic N) is 1. The van der Waals surface area contributed by atoms with Crippen molar-refractivity contribution in [3.8, 4) is 5.75 Å². The molecule has 10 heteroatoms. The highest BCUT2D eigenvalue weighted by atomic mass is 35.5. The minimum absolute atomic E-state index is 0.0735. The van der Waals surface area contributed by atoms with E-state index < -0.39 is 28.6 Å². The van der Waals surface area contributed by atoms with Crippen LogP contribution in [0.25, 0.3) is 0 Å². The summed E-state index contributed by atoms with van der Waals surface area (Å²) in [5.74, 6) is -0.585. The Morgan fingerprint density at radius 3 is 2.35 bits per heavy atom. The molecule has 0 aliphatic carbocycles. The molecule has 2 aromatic carbocycles. The Hall–Kier alpha value is -1.51. The van der Waals surface area contributed by atoms with E-state index in [0.29, 0.717) is 9.33 Å². The second-order valence-corrected chi connectivity index (χ2v) is 8.58. The lowest BCUT2D eigenvalue weighted by Crippen LogP contribution is -2.39. The molecule has 1 atom stereocenters. The van der Waals surface area contributed by atoms with E-state index in [2.05, 4.69) is 0 Å². The lowest BCUT2D eigenvalue weighted by molar-refractivity contribution is 0.0687. The fourth-order valence-corrected chi connectivity index (χ4v) is 5.03. The predicted molar refractivity (Wildman–Crippen MR) is 97.6 cm³/mol. The number of halogens is 3. The zero-order valence-corrected chi connectivity index (χ0v) is 16.1. The lowest BCUT2D eigenvalue weighted by Gasteiger charge is -2.20. The first-order valence-corrected chi connectivity index (χ1v) is 9.90. The summed E-state index contributed by atoms with van der Waals surface area (Å²) >= 11 is 17.8. The number of hydrogen-bond acceptors (Lipinski definition) is 5. The molecule has 0 aromatic heterocycles. The third kappa shape index (κ3) is 3.50. The molecule has 1 unspecified atom stereocenters. The van der Waals surface area contributed by atoms with Crippen LogP contribution in [0.4, 0.5) is 0 Å². The molecule has 0 bridgehead atoms. The quantitative estimate of drug-likeness (QED) is 0.778. The Labute approximate surface area is 164 Å². The van der Waals surface area contributed by atoms with Crippen LogP contribution in [0.3, 0.4) is 0 Å². The summed E-state index contributed by atoms with van der Waals surface area (Å²) in [5.41, 5.74) is 0.0735. The fourth-order valence-electron chi connectivity index (χ4n) is 2.50. The smallest absolute Gasteiger partial charge is 0.269 e. The molecule has 0 saturated carbocycles. The van der Waals surface area contributed by atoms with Gasteiger partial charge in [0.2, 0.25) is 0 Å². The number of aliphatic hydroxyl groups excluding tert-OH is 1. The van der Waals surface area contributed by atoms with Gasteiger partial charge in [-0.2, -0.15) is 0 Å². The number of benzene rings is 2. The predicted octanol–water partition coefficient (Wildman–Crippen LogP) is 3.23. The Bertz CT molecular complexity index is 957. The van der Waals surface area contributed by atoms with Crippen molar-refractivity contribution in [2.24, 2.45) is 0 Å². The molecule has 1 amide bonds. The van der Waals surface area contributed by atoms with Gasteiger partial charge in [0.25, 0.3) is 15.9 Å². The number of hydrogen-bond donors (Lipinski definition) is 1. The van der Waals surface area contributed by atoms with E-state index in [1.54, 1.807) is 6.07 Å². The molecule has 0 saturated heterocycles. The Morgan fingerprint density at radius 2 is 1.73 bits per heavy atom. The number of nitrogens with zero attached hydrogens (tertiary/aromatic N) is 1. The molecular formula is C16H12Cl3NO5S. The van der Waals surface area contributed by atoms with Crippen LogP contribution in [0.15, 0.2) is 41.3 Å². The fraction of sp³-hybridized carbons (Fsp3) is 0.188. The van der Waals surface area contributed by atoms with Gasteiger partial charge in [0.05, 0.1) is 22.2 Å². The monoisotopic (exact) mass is 435 g/mol. The second kappa shape index (κ2) is 7.25. The molecule has 26 heavy (non-hydrogen) atoms. The van der Waals surface area contributed by atoms with Crippen molar-refractivity contribution in [2.45, 2.75) is 11.0 Å². The third-order valence-electron chi connectivity index (χ3n) is 3.67. The zero-order chi connectivity index (χ0) is 19.1. The maximum atomic E-state index is 12.4. The first kappa shape index (κ1) is 19.3. The highest BCUT2D eigenvalue weighted by Gasteiger charge is 2.41. The molecule has 0 fully saturated rings. The number of aliphatic hydroxyl groups is 1. The topological polar surface area (TPSA) is 83.9 Å². The highest BCUT2D eigenvalue weighted by molar-refractivity contribution is 7.90. The van der Waals surface area contributed by atoms with Gasteiger partial charge in [-0.3, -0.25) is 4.79 Å². The van der Waals surface area contributed by atoms with E-state index >= 15 is 0 Å². The van der Waals surface area contributed by atoms with E-state index in [-0.39, 0.29) is 32.9 Å². The van der Waals surface area contributed by atoms with Gasteiger partial charge in [-0.25, -0.2) is 12.7 Å². The number of amides is 1. The van der Waals surface area contributed by atoms with E-state index in [1.165, 1.54) is 30.3 Å². The summed E-state index contributed by atoms with van der Waals surface area (Å²) in [6.45, 7) is -0.782. The maximum Gasteiger partial charge on any atom is 0.269 e. The van der Waals surface area contributed by atoms with Crippen molar-refractivity contribution in [1.29, 1.82) is 0 Å². The molecule has 1 N–H and O–H groups in total. The number of carbonyl (C=O) groups is 1. The molecule has 3 rings (SSSR count). The van der Waals surface area contributed by atoms with Crippen molar-refractivity contribution in [3.05, 3.63) is 57.0 Å². The van der Waals surface area contributed by atoms with E-state index in [1.807, 2.05) is 0 Å². The molecule has 0 radical (unpaired) electrons. The lowest BCUT2D eigenvalue weighted by atomic mass is 10.2. The van der Waals surface area contributed by atoms with Gasteiger partial charge in [0.15, 0.2) is 5.75 Å². The Kier molecular flexibility index (Phi) is 5.37. The second-order valence-electron chi connectivity index (χ2n) is 5.50. The summed E-state index contributed by atoms with van der Waals surface area (Å²) in [4.78, 5) is 12.2. The van der Waals surface area contributed by atoms with Gasteiger partial charge >= 0.3 is 0 Å². The van der Waals surface area contributed by atoms with Crippen LogP contribution in [-0.2, 0) is 10.0 Å². The van der Waals surface area contributed by atoms with Crippen LogP contribution in [0.2, 0.25) is 15.1 Å². The van der Waals surface area contributed by atoms with Crippen LogP contribution in [-0.4, -0.2) is 43.0 Å². The molecule has 0 spiro atoms. The average molecular weight is 437 g/mol. The minimum atomic E-state index is -4.00. The Balaban J connectivity index is 1.72. The van der Waals surface area contributed by atoms with Crippen LogP contribution >= 0.6 is 34.8 Å². The average Bonchev–Trinajstić information content (AvgIpc) is 2.75. The molecule has 1 aliphatic rings. The highest BCUT2D eigenvalue weighted by Crippen LogP contribution is 2.36. The van der Waals surface area contributed by atoms with Gasteiger partial charge in [0, 0.05) is 5.02 Å². The van der Waals surface area contributed by atoms with Gasteiger partial charge in [-0.15, -0.1) is 0 Å². The summed E-state index contributed by atoms with van der Waals surface area (Å²) < 4.78 is 30.9. The minimum Gasteiger partial charge on any atom is -0.488 e.